The Balaban J connectivity index is 2.68. The van der Waals surface area contributed by atoms with E-state index < -0.39 is 12.0 Å². The zero-order chi connectivity index (χ0) is 12.8. The Labute approximate surface area is 105 Å². The first-order valence-corrected chi connectivity index (χ1v) is 5.88. The minimum atomic E-state index is -1.08. The zero-order valence-electron chi connectivity index (χ0n) is 9.46. The molecule has 1 rings (SSSR count). The van der Waals surface area contributed by atoms with Crippen molar-refractivity contribution in [3.05, 3.63) is 35.9 Å². The third-order valence-corrected chi connectivity index (χ3v) is 2.86. The van der Waals surface area contributed by atoms with E-state index in [4.69, 9.17) is 5.11 Å². The fraction of sp³-hybridized carbons (Fsp3) is 0.333. The molecule has 5 heteroatoms. The molecule has 17 heavy (non-hydrogen) atoms. The number of carboxylic acids is 1. The van der Waals surface area contributed by atoms with E-state index in [-0.39, 0.29) is 17.6 Å². The van der Waals surface area contributed by atoms with Gasteiger partial charge < -0.3 is 10.4 Å². The van der Waals surface area contributed by atoms with Gasteiger partial charge in [0.25, 0.3) is 0 Å². The van der Waals surface area contributed by atoms with Crippen molar-refractivity contribution in [3.63, 3.8) is 0 Å². The van der Waals surface area contributed by atoms with Crippen LogP contribution in [0.2, 0.25) is 0 Å². The highest BCUT2D eigenvalue weighted by atomic mass is 32.1. The molecule has 0 spiro atoms. The SMILES string of the molecule is CC(C(=O)N[C@@H](CS)C(=O)O)c1ccccc1. The number of carbonyl (C=O) groups is 2. The molecule has 0 bridgehead atoms. The van der Waals surface area contributed by atoms with Crippen LogP contribution in [0.25, 0.3) is 0 Å². The van der Waals surface area contributed by atoms with Gasteiger partial charge in [0.15, 0.2) is 0 Å². The van der Waals surface area contributed by atoms with Crippen molar-refractivity contribution in [1.82, 2.24) is 5.32 Å². The van der Waals surface area contributed by atoms with Crippen molar-refractivity contribution >= 4 is 24.5 Å². The molecule has 1 aromatic rings. The molecule has 0 aromatic heterocycles. The monoisotopic (exact) mass is 253 g/mol. The molecule has 0 aliphatic heterocycles. The Morgan fingerprint density at radius 2 is 1.94 bits per heavy atom. The number of nitrogens with one attached hydrogen (secondary N) is 1. The second kappa shape index (κ2) is 6.30. The fourth-order valence-corrected chi connectivity index (χ4v) is 1.62. The van der Waals surface area contributed by atoms with E-state index in [9.17, 15) is 9.59 Å². The average molecular weight is 253 g/mol. The molecule has 2 N–H and O–H groups in total. The Morgan fingerprint density at radius 3 is 2.41 bits per heavy atom. The van der Waals surface area contributed by atoms with Crippen LogP contribution in [0.4, 0.5) is 0 Å². The molecule has 1 aromatic carbocycles. The van der Waals surface area contributed by atoms with Crippen molar-refractivity contribution < 1.29 is 14.7 Å². The van der Waals surface area contributed by atoms with Gasteiger partial charge in [-0.15, -0.1) is 0 Å². The first kappa shape index (κ1) is 13.6. The second-order valence-corrected chi connectivity index (χ2v) is 4.08. The predicted octanol–water partition coefficient (Wildman–Crippen LogP) is 1.29. The molecular weight excluding hydrogens is 238 g/mol. The third-order valence-electron chi connectivity index (χ3n) is 2.49. The highest BCUT2D eigenvalue weighted by Crippen LogP contribution is 2.14. The standard InChI is InChI=1S/C12H15NO3S/c1-8(9-5-3-2-4-6-9)11(14)13-10(7-17)12(15)16/h2-6,8,10,17H,7H2,1H3,(H,13,14)(H,15,16)/t8?,10-/m0/s1. The van der Waals surface area contributed by atoms with Crippen LogP contribution in [0.1, 0.15) is 18.4 Å². The van der Waals surface area contributed by atoms with Crippen molar-refractivity contribution in [3.8, 4) is 0 Å². The summed E-state index contributed by atoms with van der Waals surface area (Å²) in [7, 11) is 0. The molecule has 0 saturated carbocycles. The first-order valence-electron chi connectivity index (χ1n) is 5.25. The van der Waals surface area contributed by atoms with Crippen LogP contribution in [-0.4, -0.2) is 28.8 Å². The Bertz CT molecular complexity index is 394. The molecule has 4 nitrogen and oxygen atoms in total. The summed E-state index contributed by atoms with van der Waals surface area (Å²) in [5.74, 6) is -1.69. The number of rotatable bonds is 5. The molecule has 2 atom stereocenters. The van der Waals surface area contributed by atoms with Crippen LogP contribution in [0, 0.1) is 0 Å². The minimum Gasteiger partial charge on any atom is -0.480 e. The van der Waals surface area contributed by atoms with Gasteiger partial charge in [0.2, 0.25) is 5.91 Å². The van der Waals surface area contributed by atoms with Crippen LogP contribution in [0.15, 0.2) is 30.3 Å². The van der Waals surface area contributed by atoms with Gasteiger partial charge in [0.1, 0.15) is 6.04 Å². The molecule has 0 radical (unpaired) electrons. The topological polar surface area (TPSA) is 66.4 Å². The summed E-state index contributed by atoms with van der Waals surface area (Å²) >= 11 is 3.89. The highest BCUT2D eigenvalue weighted by molar-refractivity contribution is 7.80. The Hall–Kier alpha value is -1.49. The lowest BCUT2D eigenvalue weighted by Crippen LogP contribution is -2.43. The van der Waals surface area contributed by atoms with Crippen LogP contribution in [0.3, 0.4) is 0 Å². The lowest BCUT2D eigenvalue weighted by atomic mass is 10.0. The van der Waals surface area contributed by atoms with Gasteiger partial charge in [-0.05, 0) is 12.5 Å². The third kappa shape index (κ3) is 3.78. The van der Waals surface area contributed by atoms with E-state index in [2.05, 4.69) is 17.9 Å². The van der Waals surface area contributed by atoms with Crippen LogP contribution in [0.5, 0.6) is 0 Å². The molecule has 0 fully saturated rings. The maximum atomic E-state index is 11.8. The predicted molar refractivity (Wildman–Crippen MR) is 68.3 cm³/mol. The van der Waals surface area contributed by atoms with Crippen molar-refractivity contribution in [1.29, 1.82) is 0 Å². The Kier molecular flexibility index (Phi) is 5.03. The first-order chi connectivity index (χ1) is 8.06. The van der Waals surface area contributed by atoms with Gasteiger partial charge in [-0.2, -0.15) is 12.6 Å². The molecule has 0 aliphatic carbocycles. The summed E-state index contributed by atoms with van der Waals surface area (Å²) in [4.78, 5) is 22.6. The maximum absolute atomic E-state index is 11.8. The van der Waals surface area contributed by atoms with E-state index in [1.54, 1.807) is 6.92 Å². The second-order valence-electron chi connectivity index (χ2n) is 3.71. The van der Waals surface area contributed by atoms with E-state index in [0.717, 1.165) is 5.56 Å². The summed E-state index contributed by atoms with van der Waals surface area (Å²) in [5, 5.41) is 11.3. The molecule has 0 heterocycles. The smallest absolute Gasteiger partial charge is 0.327 e. The summed E-state index contributed by atoms with van der Waals surface area (Å²) in [5.41, 5.74) is 0.855. The molecular formula is C12H15NO3S. The molecule has 92 valence electrons. The van der Waals surface area contributed by atoms with E-state index >= 15 is 0 Å². The summed E-state index contributed by atoms with van der Waals surface area (Å²) in [6.45, 7) is 1.74. The number of amides is 1. The van der Waals surface area contributed by atoms with Crippen LogP contribution >= 0.6 is 12.6 Å². The van der Waals surface area contributed by atoms with Gasteiger partial charge in [-0.3, -0.25) is 4.79 Å². The van der Waals surface area contributed by atoms with E-state index in [1.807, 2.05) is 30.3 Å². The molecule has 1 amide bonds. The fourth-order valence-electron chi connectivity index (χ4n) is 1.38. The summed E-state index contributed by atoms with van der Waals surface area (Å²) < 4.78 is 0. The highest BCUT2D eigenvalue weighted by Gasteiger charge is 2.22. The molecule has 0 aliphatic rings. The number of benzene rings is 1. The number of hydrogen-bond acceptors (Lipinski definition) is 3. The quantitative estimate of drug-likeness (QED) is 0.693. The van der Waals surface area contributed by atoms with Crippen molar-refractivity contribution in [2.75, 3.05) is 5.75 Å². The zero-order valence-corrected chi connectivity index (χ0v) is 10.4. The molecule has 1 unspecified atom stereocenters. The lowest BCUT2D eigenvalue weighted by molar-refractivity contribution is -0.141. The Morgan fingerprint density at radius 1 is 1.35 bits per heavy atom. The van der Waals surface area contributed by atoms with Gasteiger partial charge in [-0.1, -0.05) is 30.3 Å². The molecule has 0 saturated heterocycles. The number of carbonyl (C=O) groups excluding carboxylic acids is 1. The number of thiol groups is 1. The largest absolute Gasteiger partial charge is 0.480 e. The van der Waals surface area contributed by atoms with Crippen molar-refractivity contribution in [2.45, 2.75) is 18.9 Å². The average Bonchev–Trinajstić information content (AvgIpc) is 2.35. The van der Waals surface area contributed by atoms with Gasteiger partial charge in [0.05, 0.1) is 5.92 Å². The summed E-state index contributed by atoms with van der Waals surface area (Å²) in [6, 6.07) is 8.26. The minimum absolute atomic E-state index is 0.0720. The maximum Gasteiger partial charge on any atom is 0.327 e. The van der Waals surface area contributed by atoms with Crippen LogP contribution < -0.4 is 5.32 Å². The van der Waals surface area contributed by atoms with Gasteiger partial charge >= 0.3 is 5.97 Å². The number of carboxylic acid groups (broad SMARTS) is 1. The van der Waals surface area contributed by atoms with Crippen LogP contribution in [-0.2, 0) is 9.59 Å². The van der Waals surface area contributed by atoms with Gasteiger partial charge in [0, 0.05) is 5.75 Å². The van der Waals surface area contributed by atoms with Gasteiger partial charge in [-0.25, -0.2) is 4.79 Å². The van der Waals surface area contributed by atoms with Crippen molar-refractivity contribution in [2.24, 2.45) is 0 Å². The number of aliphatic carboxylic acids is 1. The van der Waals surface area contributed by atoms with E-state index in [1.165, 1.54) is 0 Å². The van der Waals surface area contributed by atoms with E-state index in [0.29, 0.717) is 0 Å². The summed E-state index contributed by atoms with van der Waals surface area (Å²) in [6.07, 6.45) is 0. The number of hydrogen-bond donors (Lipinski definition) is 3. The lowest BCUT2D eigenvalue weighted by Gasteiger charge is -2.16. The normalized spacial score (nSPS) is 13.8.